The predicted molar refractivity (Wildman–Crippen MR) is 237 cm³/mol. The van der Waals surface area contributed by atoms with E-state index in [0.717, 1.165) is 80.1 Å². The van der Waals surface area contributed by atoms with Crippen LogP contribution in [0.15, 0.2) is 53.5 Å². The summed E-state index contributed by atoms with van der Waals surface area (Å²) in [6.45, 7) is 9.52. The summed E-state index contributed by atoms with van der Waals surface area (Å²) in [5.74, 6) is -0.515. The third-order valence-electron chi connectivity index (χ3n) is 13.4. The number of pyridine rings is 1. The Morgan fingerprint density at radius 3 is 2.44 bits per heavy atom. The van der Waals surface area contributed by atoms with Crippen molar-refractivity contribution < 1.29 is 28.7 Å². The fourth-order valence-electron chi connectivity index (χ4n) is 10.1. The molecule has 0 radical (unpaired) electrons. The Kier molecular flexibility index (Phi) is 11.3. The van der Waals surface area contributed by atoms with Gasteiger partial charge in [-0.1, -0.05) is 17.7 Å². The molecule has 2 aromatic heterocycles. The molecule has 9 rings (SSSR count). The van der Waals surface area contributed by atoms with Gasteiger partial charge in [0.25, 0.3) is 23.3 Å². The molecule has 1 aliphatic carbocycles. The number of aromatic nitrogens is 3. The predicted octanol–water partition coefficient (Wildman–Crippen LogP) is 4.11. The van der Waals surface area contributed by atoms with E-state index in [9.17, 15) is 28.8 Å². The maximum atomic E-state index is 13.7. The molecule has 3 N–H and O–H groups in total. The molecular formula is C45H51ClN10O7. The molecule has 5 amide bonds. The topological polar surface area (TPSA) is 191 Å². The Labute approximate surface area is 369 Å². The van der Waals surface area contributed by atoms with Gasteiger partial charge in [0.2, 0.25) is 17.8 Å². The maximum Gasteiger partial charge on any atom is 0.293 e. The molecule has 63 heavy (non-hydrogen) atoms. The average Bonchev–Trinajstić information content (AvgIpc) is 3.51. The second-order valence-corrected chi connectivity index (χ2v) is 18.1. The first-order valence-electron chi connectivity index (χ1n) is 21.7. The number of amides is 5. The van der Waals surface area contributed by atoms with Crippen molar-refractivity contribution in [3.63, 3.8) is 0 Å². The van der Waals surface area contributed by atoms with Gasteiger partial charge in [-0.05, 0) is 93.7 Å². The zero-order valence-corrected chi connectivity index (χ0v) is 36.4. The van der Waals surface area contributed by atoms with Crippen LogP contribution >= 0.6 is 11.6 Å². The van der Waals surface area contributed by atoms with Crippen LogP contribution < -0.4 is 36.0 Å². The second kappa shape index (κ2) is 16.9. The summed E-state index contributed by atoms with van der Waals surface area (Å²) in [6.07, 6.45) is 6.18. The summed E-state index contributed by atoms with van der Waals surface area (Å²) in [6, 6.07) is 11.5. The Morgan fingerprint density at radius 2 is 1.73 bits per heavy atom. The lowest BCUT2D eigenvalue weighted by Gasteiger charge is -2.54. The van der Waals surface area contributed by atoms with Gasteiger partial charge in [-0.25, -0.2) is 4.98 Å². The molecule has 18 heteroatoms. The third kappa shape index (κ3) is 8.08. The van der Waals surface area contributed by atoms with E-state index in [-0.39, 0.29) is 48.1 Å². The number of anilines is 4. The van der Waals surface area contributed by atoms with Gasteiger partial charge in [0, 0.05) is 76.4 Å². The first-order valence-corrected chi connectivity index (χ1v) is 22.1. The molecule has 330 valence electrons. The summed E-state index contributed by atoms with van der Waals surface area (Å²) in [4.78, 5) is 93.9. The number of benzene rings is 2. The fourth-order valence-corrected chi connectivity index (χ4v) is 10.3. The number of piperidine rings is 2. The minimum atomic E-state index is -0.984. The molecular weight excluding hydrogens is 828 g/mol. The molecule has 4 fully saturated rings. The van der Waals surface area contributed by atoms with Crippen LogP contribution in [0.3, 0.4) is 0 Å². The van der Waals surface area contributed by atoms with E-state index >= 15 is 0 Å². The van der Waals surface area contributed by atoms with Gasteiger partial charge in [0.1, 0.15) is 11.1 Å². The van der Waals surface area contributed by atoms with Crippen LogP contribution in [0.4, 0.5) is 23.1 Å². The molecule has 4 aromatic rings. The lowest BCUT2D eigenvalue weighted by atomic mass is 9.57. The SMILES string of the molecule is CNC(=O)COc1cc2cc(Nc3nc(N4CCN(CC5CC6(CCN(c7cccc8c7C(=O)N(C7CCC(=O)NC7=O)C8=O)CC6)C5)CC4)ncc3Cl)ccc2n(C(C)C)c1=O. The van der Waals surface area contributed by atoms with Crippen molar-refractivity contribution in [1.82, 2.24) is 35.0 Å². The van der Waals surface area contributed by atoms with Crippen molar-refractivity contribution in [3.05, 3.63) is 75.2 Å². The van der Waals surface area contributed by atoms with Gasteiger partial charge in [-0.3, -0.25) is 43.9 Å². The smallest absolute Gasteiger partial charge is 0.293 e. The van der Waals surface area contributed by atoms with Crippen LogP contribution in [-0.2, 0) is 14.4 Å². The van der Waals surface area contributed by atoms with E-state index in [1.54, 1.807) is 29.0 Å². The first kappa shape index (κ1) is 42.2. The summed E-state index contributed by atoms with van der Waals surface area (Å²) in [5.41, 5.74) is 2.83. The monoisotopic (exact) mass is 878 g/mol. The third-order valence-corrected chi connectivity index (χ3v) is 13.7. The van der Waals surface area contributed by atoms with Crippen LogP contribution in [0.2, 0.25) is 5.02 Å². The van der Waals surface area contributed by atoms with Gasteiger partial charge in [-0.15, -0.1) is 0 Å². The molecule has 1 saturated carbocycles. The maximum absolute atomic E-state index is 13.7. The number of piperazine rings is 1. The number of halogens is 1. The van der Waals surface area contributed by atoms with Crippen molar-refractivity contribution in [3.8, 4) is 5.75 Å². The number of hydrogen-bond donors (Lipinski definition) is 3. The first-order chi connectivity index (χ1) is 30.3. The van der Waals surface area contributed by atoms with Crippen LogP contribution in [0.1, 0.15) is 79.1 Å². The van der Waals surface area contributed by atoms with Gasteiger partial charge < -0.3 is 29.7 Å². The standard InChI is InChI=1S/C45H51ClN10O7/c1-26(2)55-32-8-7-29(19-28(32)20-35(42(55)61)63-25-37(58)47-3)49-39-31(46)23-48-44(51-39)54-17-15-52(16-18-54)24-27-21-45(22-27)11-13-53(14-12-45)33-6-4-5-30-38(33)43(62)56(41(30)60)34-9-10-36(57)50-40(34)59/h4-8,19-20,23,26-27,34H,9-18,21-22,24-25H2,1-3H3,(H,47,58)(H,48,49,51)(H,50,57,59). The van der Waals surface area contributed by atoms with Crippen molar-refractivity contribution in [2.24, 2.45) is 11.3 Å². The van der Waals surface area contributed by atoms with Crippen LogP contribution in [0.25, 0.3) is 10.9 Å². The molecule has 1 atom stereocenters. The molecule has 4 aliphatic heterocycles. The summed E-state index contributed by atoms with van der Waals surface area (Å²) in [5, 5.41) is 9.23. The lowest BCUT2D eigenvalue weighted by molar-refractivity contribution is -0.136. The van der Waals surface area contributed by atoms with Crippen LogP contribution in [-0.4, -0.2) is 119 Å². The number of carbonyl (C=O) groups excluding carboxylic acids is 5. The molecule has 0 bridgehead atoms. The quantitative estimate of drug-likeness (QED) is 0.183. The van der Waals surface area contributed by atoms with Crippen molar-refractivity contribution in [2.75, 3.05) is 74.6 Å². The van der Waals surface area contributed by atoms with Gasteiger partial charge in [-0.2, -0.15) is 4.98 Å². The number of nitrogens with zero attached hydrogens (tertiary/aromatic N) is 7. The highest BCUT2D eigenvalue weighted by Crippen LogP contribution is 2.53. The molecule has 17 nitrogen and oxygen atoms in total. The van der Waals surface area contributed by atoms with Gasteiger partial charge in [0.15, 0.2) is 18.2 Å². The summed E-state index contributed by atoms with van der Waals surface area (Å²) in [7, 11) is 1.51. The highest BCUT2D eigenvalue weighted by atomic mass is 35.5. The largest absolute Gasteiger partial charge is 0.478 e. The Hall–Kier alpha value is -6.07. The molecule has 6 heterocycles. The Morgan fingerprint density at radius 1 is 0.968 bits per heavy atom. The molecule has 1 unspecified atom stereocenters. The van der Waals surface area contributed by atoms with Gasteiger partial charge >= 0.3 is 0 Å². The highest BCUT2D eigenvalue weighted by molar-refractivity contribution is 6.33. The minimum Gasteiger partial charge on any atom is -0.478 e. The number of imide groups is 2. The highest BCUT2D eigenvalue weighted by Gasteiger charge is 2.49. The Balaban J connectivity index is 0.778. The number of carbonyl (C=O) groups is 5. The van der Waals surface area contributed by atoms with Gasteiger partial charge in [0.05, 0.1) is 28.5 Å². The number of rotatable bonds is 11. The second-order valence-electron chi connectivity index (χ2n) is 17.7. The summed E-state index contributed by atoms with van der Waals surface area (Å²) >= 11 is 6.61. The lowest BCUT2D eigenvalue weighted by Crippen LogP contribution is -2.54. The van der Waals surface area contributed by atoms with E-state index in [4.69, 9.17) is 21.3 Å². The van der Waals surface area contributed by atoms with E-state index in [1.165, 1.54) is 19.9 Å². The van der Waals surface area contributed by atoms with E-state index in [2.05, 4.69) is 35.6 Å². The number of ether oxygens (including phenoxy) is 1. The zero-order valence-electron chi connectivity index (χ0n) is 35.6. The number of likely N-dealkylation sites (N-methyl/N-ethyl adjacent to an activating group) is 1. The van der Waals surface area contributed by atoms with E-state index in [1.807, 2.05) is 38.1 Å². The van der Waals surface area contributed by atoms with Crippen LogP contribution in [0.5, 0.6) is 5.75 Å². The Bertz CT molecular complexity index is 2570. The van der Waals surface area contributed by atoms with Crippen LogP contribution in [0, 0.1) is 11.3 Å². The molecule has 2 aromatic carbocycles. The normalized spacial score (nSPS) is 20.3. The van der Waals surface area contributed by atoms with E-state index in [0.29, 0.717) is 39.5 Å². The fraction of sp³-hybridized carbons (Fsp3) is 0.467. The average molecular weight is 879 g/mol. The molecule has 1 spiro atoms. The van der Waals surface area contributed by atoms with E-state index < -0.39 is 29.7 Å². The number of hydrogen-bond acceptors (Lipinski definition) is 13. The summed E-state index contributed by atoms with van der Waals surface area (Å²) < 4.78 is 7.27. The number of fused-ring (bicyclic) bond motifs is 2. The number of nitrogens with one attached hydrogen (secondary N) is 3. The van der Waals surface area contributed by atoms with Crippen molar-refractivity contribution in [2.45, 2.75) is 64.5 Å². The molecule has 5 aliphatic rings. The van der Waals surface area contributed by atoms with Crippen molar-refractivity contribution in [1.29, 1.82) is 0 Å². The minimum absolute atomic E-state index is 0.0875. The van der Waals surface area contributed by atoms with Crippen molar-refractivity contribution >= 4 is 75.2 Å². The zero-order chi connectivity index (χ0) is 44.2. The molecule has 3 saturated heterocycles.